The van der Waals surface area contributed by atoms with Crippen LogP contribution in [0.4, 0.5) is 17.3 Å². The van der Waals surface area contributed by atoms with Crippen LogP contribution in [-0.4, -0.2) is 60.8 Å². The van der Waals surface area contributed by atoms with Gasteiger partial charge in [0.25, 0.3) is 0 Å². The molecule has 0 spiro atoms. The van der Waals surface area contributed by atoms with Crippen molar-refractivity contribution >= 4 is 44.7 Å². The van der Waals surface area contributed by atoms with E-state index in [1.165, 1.54) is 11.8 Å². The van der Waals surface area contributed by atoms with Gasteiger partial charge in [0.15, 0.2) is 0 Å². The summed E-state index contributed by atoms with van der Waals surface area (Å²) in [6.07, 6.45) is 6.29. The summed E-state index contributed by atoms with van der Waals surface area (Å²) in [6.45, 7) is 6.34. The number of nitrogens with one attached hydrogen (secondary N) is 2. The lowest BCUT2D eigenvalue weighted by molar-refractivity contribution is -0.119. The number of piperidine rings is 1. The van der Waals surface area contributed by atoms with Crippen molar-refractivity contribution in [3.8, 4) is 0 Å². The van der Waals surface area contributed by atoms with Gasteiger partial charge in [0.1, 0.15) is 9.84 Å². The zero-order valence-electron chi connectivity index (χ0n) is 23.2. The third-order valence-corrected chi connectivity index (χ3v) is 9.28. The Balaban J connectivity index is 1.20. The quantitative estimate of drug-likeness (QED) is 0.362. The number of anilines is 3. The first-order chi connectivity index (χ1) is 19.0. The molecule has 3 aromatic rings. The first kappa shape index (κ1) is 28.5. The van der Waals surface area contributed by atoms with Gasteiger partial charge in [-0.25, -0.2) is 18.4 Å². The zero-order chi connectivity index (χ0) is 28.5. The molecule has 3 heterocycles. The summed E-state index contributed by atoms with van der Waals surface area (Å²) in [5.74, 6) is 1.19. The lowest BCUT2D eigenvalue weighted by Gasteiger charge is -2.32. The molecule has 2 aliphatic rings. The molecule has 0 unspecified atom stereocenters. The second-order valence-corrected chi connectivity index (χ2v) is 14.1. The Labute approximate surface area is 241 Å². The normalized spacial score (nSPS) is 17.4. The van der Waals surface area contributed by atoms with Crippen molar-refractivity contribution in [2.45, 2.75) is 50.9 Å². The average Bonchev–Trinajstić information content (AvgIpc) is 3.16. The smallest absolute Gasteiger partial charge is 0.234 e. The van der Waals surface area contributed by atoms with E-state index in [1.54, 1.807) is 6.20 Å². The third kappa shape index (κ3) is 6.48. The average molecular weight is 582 g/mol. The number of aryl methyl sites for hydroxylation is 2. The minimum absolute atomic E-state index is 0.0163. The molecule has 0 saturated carbocycles. The van der Waals surface area contributed by atoms with E-state index >= 15 is 0 Å². The molecular weight excluding hydrogens is 546 g/mol. The highest BCUT2D eigenvalue weighted by atomic mass is 35.5. The summed E-state index contributed by atoms with van der Waals surface area (Å²) >= 11 is 6.47. The van der Waals surface area contributed by atoms with Gasteiger partial charge < -0.3 is 15.5 Å². The van der Waals surface area contributed by atoms with E-state index in [2.05, 4.69) is 38.7 Å². The lowest BCUT2D eigenvalue weighted by Crippen LogP contribution is -2.36. The van der Waals surface area contributed by atoms with Gasteiger partial charge >= 0.3 is 0 Å². The zero-order valence-corrected chi connectivity index (χ0v) is 24.8. The van der Waals surface area contributed by atoms with Crippen molar-refractivity contribution in [2.24, 2.45) is 0 Å². The number of aromatic nitrogens is 2. The maximum Gasteiger partial charge on any atom is 0.234 e. The van der Waals surface area contributed by atoms with Gasteiger partial charge in [0, 0.05) is 24.2 Å². The van der Waals surface area contributed by atoms with Crippen LogP contribution in [-0.2, 0) is 32.9 Å². The molecule has 0 aliphatic carbocycles. The summed E-state index contributed by atoms with van der Waals surface area (Å²) in [6, 6.07) is 14.4. The van der Waals surface area contributed by atoms with E-state index in [1.807, 2.05) is 38.1 Å². The topological polar surface area (TPSA) is 104 Å². The number of rotatable bonds is 9. The lowest BCUT2D eigenvalue weighted by atomic mass is 9.82. The maximum absolute atomic E-state index is 12.4. The van der Waals surface area contributed by atoms with Crippen LogP contribution in [0.1, 0.15) is 55.0 Å². The van der Waals surface area contributed by atoms with E-state index in [-0.39, 0.29) is 11.7 Å². The van der Waals surface area contributed by atoms with E-state index in [4.69, 9.17) is 16.6 Å². The molecule has 1 saturated heterocycles. The van der Waals surface area contributed by atoms with Crippen LogP contribution in [0.15, 0.2) is 48.7 Å². The van der Waals surface area contributed by atoms with Crippen molar-refractivity contribution in [1.29, 1.82) is 0 Å². The van der Waals surface area contributed by atoms with Crippen LogP contribution in [0.2, 0.25) is 5.02 Å². The number of sulfone groups is 1. The summed E-state index contributed by atoms with van der Waals surface area (Å²) in [5.41, 5.74) is 5.41. The molecule has 2 aromatic carbocycles. The Morgan fingerprint density at radius 2 is 1.82 bits per heavy atom. The number of benzene rings is 2. The molecule has 2 N–H and O–H groups in total. The Hall–Kier alpha value is -3.01. The standard InChI is InChI=1S/C30H36ClN5O3S/c1-30(2)27-22(5-4-6-26(27)34-28(30)37)9-12-25-24(31)19-32-29(35-25)33-23-10-7-20(8-11-23)21-13-15-36(16-14-21)17-18-40(3,38)39/h4-8,10-11,19,21H,9,12-18H2,1-3H3,(H,34,37)(H,32,33,35). The molecular formula is C30H36ClN5O3S. The number of carbonyl (C=O) groups is 1. The van der Waals surface area contributed by atoms with Crippen LogP contribution in [0.3, 0.4) is 0 Å². The molecule has 2 aliphatic heterocycles. The number of nitrogens with zero attached hydrogens (tertiary/aromatic N) is 3. The van der Waals surface area contributed by atoms with E-state index in [0.717, 1.165) is 54.1 Å². The van der Waals surface area contributed by atoms with Gasteiger partial charge in [-0.1, -0.05) is 35.9 Å². The number of halogens is 1. The molecule has 212 valence electrons. The molecule has 8 nitrogen and oxygen atoms in total. The molecule has 0 bridgehead atoms. The summed E-state index contributed by atoms with van der Waals surface area (Å²) in [7, 11) is -2.93. The van der Waals surface area contributed by atoms with Crippen molar-refractivity contribution < 1.29 is 13.2 Å². The fourth-order valence-corrected chi connectivity index (χ4v) is 6.46. The number of likely N-dealkylation sites (tertiary alicyclic amines) is 1. The van der Waals surface area contributed by atoms with Crippen molar-refractivity contribution in [3.63, 3.8) is 0 Å². The molecule has 5 rings (SSSR count). The van der Waals surface area contributed by atoms with E-state index < -0.39 is 15.3 Å². The highest BCUT2D eigenvalue weighted by molar-refractivity contribution is 7.90. The number of hydrogen-bond donors (Lipinski definition) is 2. The summed E-state index contributed by atoms with van der Waals surface area (Å²) < 4.78 is 22.9. The SMILES string of the molecule is CC1(C)C(=O)Nc2cccc(CCc3nc(Nc4ccc(C5CCN(CCS(C)(=O)=O)CC5)cc4)ncc3Cl)c21. The highest BCUT2D eigenvalue weighted by Crippen LogP contribution is 2.40. The van der Waals surface area contributed by atoms with Gasteiger partial charge in [0.2, 0.25) is 11.9 Å². The van der Waals surface area contributed by atoms with Crippen LogP contribution >= 0.6 is 11.6 Å². The second-order valence-electron chi connectivity index (χ2n) is 11.4. The Morgan fingerprint density at radius 3 is 2.52 bits per heavy atom. The molecule has 1 fully saturated rings. The Kier molecular flexibility index (Phi) is 8.17. The third-order valence-electron chi connectivity index (χ3n) is 8.04. The van der Waals surface area contributed by atoms with E-state index in [9.17, 15) is 13.2 Å². The fraction of sp³-hybridized carbons (Fsp3) is 0.433. The van der Waals surface area contributed by atoms with Crippen LogP contribution in [0.25, 0.3) is 0 Å². The van der Waals surface area contributed by atoms with Crippen LogP contribution in [0.5, 0.6) is 0 Å². The number of hydrogen-bond acceptors (Lipinski definition) is 7. The monoisotopic (exact) mass is 581 g/mol. The predicted octanol–water partition coefficient (Wildman–Crippen LogP) is 5.11. The number of carbonyl (C=O) groups excluding carboxylic acids is 1. The summed E-state index contributed by atoms with van der Waals surface area (Å²) in [4.78, 5) is 23.8. The van der Waals surface area contributed by atoms with Gasteiger partial charge in [-0.3, -0.25) is 4.79 Å². The van der Waals surface area contributed by atoms with Crippen molar-refractivity contribution in [3.05, 3.63) is 76.1 Å². The van der Waals surface area contributed by atoms with Crippen LogP contribution in [0, 0.1) is 0 Å². The second kappa shape index (κ2) is 11.5. The minimum atomic E-state index is -2.93. The van der Waals surface area contributed by atoms with Crippen molar-refractivity contribution in [1.82, 2.24) is 14.9 Å². The molecule has 40 heavy (non-hydrogen) atoms. The largest absolute Gasteiger partial charge is 0.325 e. The molecule has 0 radical (unpaired) electrons. The highest BCUT2D eigenvalue weighted by Gasteiger charge is 2.39. The number of fused-ring (bicyclic) bond motifs is 1. The van der Waals surface area contributed by atoms with Gasteiger partial charge in [-0.2, -0.15) is 0 Å². The minimum Gasteiger partial charge on any atom is -0.325 e. The molecule has 0 atom stereocenters. The fourth-order valence-electron chi connectivity index (χ4n) is 5.69. The maximum atomic E-state index is 12.4. The van der Waals surface area contributed by atoms with Gasteiger partial charge in [0.05, 0.1) is 28.1 Å². The first-order valence-corrected chi connectivity index (χ1v) is 16.2. The predicted molar refractivity (Wildman–Crippen MR) is 160 cm³/mol. The summed E-state index contributed by atoms with van der Waals surface area (Å²) in [5, 5.41) is 6.80. The molecule has 10 heteroatoms. The Bertz CT molecular complexity index is 1500. The van der Waals surface area contributed by atoms with Crippen LogP contribution < -0.4 is 10.6 Å². The van der Waals surface area contributed by atoms with Crippen molar-refractivity contribution in [2.75, 3.05) is 42.3 Å². The number of amides is 1. The molecule has 1 aromatic heterocycles. The van der Waals surface area contributed by atoms with E-state index in [0.29, 0.717) is 36.3 Å². The first-order valence-electron chi connectivity index (χ1n) is 13.7. The molecule has 1 amide bonds. The van der Waals surface area contributed by atoms with Gasteiger partial charge in [-0.05, 0) is 93.4 Å². The Morgan fingerprint density at radius 1 is 1.10 bits per heavy atom. The van der Waals surface area contributed by atoms with Gasteiger partial charge in [-0.15, -0.1) is 0 Å².